The first-order valence-electron chi connectivity index (χ1n) is 8.04. The van der Waals surface area contributed by atoms with E-state index in [-0.39, 0.29) is 23.1 Å². The molecule has 1 unspecified atom stereocenters. The molecule has 2 rings (SSSR count). The Balaban J connectivity index is 2.71. The summed E-state index contributed by atoms with van der Waals surface area (Å²) >= 11 is 0. The molecule has 0 amide bonds. The van der Waals surface area contributed by atoms with Gasteiger partial charge in [0, 0.05) is 29.3 Å². The molecule has 5 heteroatoms. The summed E-state index contributed by atoms with van der Waals surface area (Å²) in [5.74, 6) is -0.855. The molecular formula is C19H24F2N2O. The number of pyridine rings is 1. The summed E-state index contributed by atoms with van der Waals surface area (Å²) in [7, 11) is 0. The van der Waals surface area contributed by atoms with Crippen molar-refractivity contribution in [2.24, 2.45) is 11.7 Å². The van der Waals surface area contributed by atoms with Crippen molar-refractivity contribution in [1.82, 2.24) is 4.98 Å². The summed E-state index contributed by atoms with van der Waals surface area (Å²) in [5, 5.41) is 10.3. The quantitative estimate of drug-likeness (QED) is 0.870. The molecule has 0 radical (unpaired) electrons. The summed E-state index contributed by atoms with van der Waals surface area (Å²) in [5.41, 5.74) is 5.85. The zero-order valence-corrected chi connectivity index (χ0v) is 14.5. The van der Waals surface area contributed by atoms with Crippen LogP contribution in [0.3, 0.4) is 0 Å². The molecule has 24 heavy (non-hydrogen) atoms. The van der Waals surface area contributed by atoms with Crippen molar-refractivity contribution >= 4 is 0 Å². The van der Waals surface area contributed by atoms with Gasteiger partial charge in [0.2, 0.25) is 0 Å². The van der Waals surface area contributed by atoms with E-state index in [1.165, 1.54) is 38.1 Å². The molecule has 0 saturated carbocycles. The zero-order chi connectivity index (χ0) is 18.1. The van der Waals surface area contributed by atoms with Gasteiger partial charge in [0.1, 0.15) is 11.5 Å². The summed E-state index contributed by atoms with van der Waals surface area (Å²) in [4.78, 5) is 4.45. The topological polar surface area (TPSA) is 59.1 Å². The molecule has 0 fully saturated rings. The molecule has 0 spiro atoms. The molecule has 1 aromatic heterocycles. The second kappa shape index (κ2) is 6.95. The molecule has 1 atom stereocenters. The van der Waals surface area contributed by atoms with Gasteiger partial charge in [-0.1, -0.05) is 13.8 Å². The number of nitrogens with zero attached hydrogens (tertiary/aromatic N) is 1. The van der Waals surface area contributed by atoms with Crippen LogP contribution in [0.5, 0.6) is 0 Å². The third kappa shape index (κ3) is 3.79. The van der Waals surface area contributed by atoms with Crippen molar-refractivity contribution in [3.05, 3.63) is 53.2 Å². The fourth-order valence-corrected chi connectivity index (χ4v) is 2.72. The molecule has 0 bridgehead atoms. The highest BCUT2D eigenvalue weighted by atomic mass is 19.1. The maximum Gasteiger partial charge on any atom is 0.155 e. The average molecular weight is 334 g/mol. The Morgan fingerprint density at radius 2 is 1.75 bits per heavy atom. The van der Waals surface area contributed by atoms with E-state index in [1.807, 2.05) is 13.8 Å². The van der Waals surface area contributed by atoms with Gasteiger partial charge in [-0.2, -0.15) is 0 Å². The van der Waals surface area contributed by atoms with Gasteiger partial charge in [0.25, 0.3) is 0 Å². The molecule has 0 saturated heterocycles. The van der Waals surface area contributed by atoms with E-state index in [0.29, 0.717) is 17.8 Å². The third-order valence-corrected chi connectivity index (χ3v) is 4.19. The van der Waals surface area contributed by atoms with Crippen LogP contribution in [0.2, 0.25) is 0 Å². The summed E-state index contributed by atoms with van der Waals surface area (Å²) in [6, 6.07) is 7.06. The van der Waals surface area contributed by atoms with Gasteiger partial charge < -0.3 is 10.8 Å². The van der Waals surface area contributed by atoms with Crippen LogP contribution < -0.4 is 5.73 Å². The highest BCUT2D eigenvalue weighted by Crippen LogP contribution is 2.33. The minimum atomic E-state index is -1.37. The summed E-state index contributed by atoms with van der Waals surface area (Å²) in [6.07, 6.45) is 0. The van der Waals surface area contributed by atoms with Crippen molar-refractivity contribution in [1.29, 1.82) is 0 Å². The van der Waals surface area contributed by atoms with E-state index in [0.717, 1.165) is 0 Å². The molecule has 1 aromatic carbocycles. The Morgan fingerprint density at radius 1 is 1.17 bits per heavy atom. The van der Waals surface area contributed by atoms with Crippen LogP contribution in [-0.4, -0.2) is 16.6 Å². The number of hydrogen-bond donors (Lipinski definition) is 2. The maximum atomic E-state index is 15.0. The molecule has 2 aromatic rings. The number of rotatable bonds is 5. The third-order valence-electron chi connectivity index (χ3n) is 4.19. The number of hydrogen-bond acceptors (Lipinski definition) is 3. The molecule has 0 aliphatic rings. The standard InChI is InChI=1S/C19H24F2N2O/c1-11(2)14(10-22)16-9-15(19(3,4)24)17(21)18(23-16)12-5-7-13(20)8-6-12/h5-9,11,14,24H,10,22H2,1-4H3. The minimum Gasteiger partial charge on any atom is -0.386 e. The Labute approximate surface area is 141 Å². The Bertz CT molecular complexity index is 707. The van der Waals surface area contributed by atoms with Gasteiger partial charge in [-0.15, -0.1) is 0 Å². The SMILES string of the molecule is CC(C)C(CN)c1cc(C(C)(C)O)c(F)c(-c2ccc(F)cc2)n1. The van der Waals surface area contributed by atoms with Crippen LogP contribution in [0.15, 0.2) is 30.3 Å². The van der Waals surface area contributed by atoms with Crippen molar-refractivity contribution in [3.8, 4) is 11.3 Å². The predicted octanol–water partition coefficient (Wildman–Crippen LogP) is 3.95. The summed E-state index contributed by atoms with van der Waals surface area (Å²) in [6.45, 7) is 7.45. The Kier molecular flexibility index (Phi) is 5.35. The number of aliphatic hydroxyl groups is 1. The van der Waals surface area contributed by atoms with Crippen molar-refractivity contribution in [2.45, 2.75) is 39.2 Å². The maximum absolute atomic E-state index is 15.0. The second-order valence-electron chi connectivity index (χ2n) is 6.91. The summed E-state index contributed by atoms with van der Waals surface area (Å²) < 4.78 is 28.1. The predicted molar refractivity (Wildman–Crippen MR) is 91.5 cm³/mol. The minimum absolute atomic E-state index is 0.0640. The smallest absolute Gasteiger partial charge is 0.155 e. The first-order chi connectivity index (χ1) is 11.1. The van der Waals surface area contributed by atoms with E-state index < -0.39 is 17.2 Å². The second-order valence-corrected chi connectivity index (χ2v) is 6.91. The van der Waals surface area contributed by atoms with E-state index in [4.69, 9.17) is 5.73 Å². The van der Waals surface area contributed by atoms with Gasteiger partial charge in [-0.25, -0.2) is 13.8 Å². The molecular weight excluding hydrogens is 310 g/mol. The number of halogens is 2. The molecule has 0 aliphatic heterocycles. The normalized spacial score (nSPS) is 13.4. The molecule has 130 valence electrons. The Hall–Kier alpha value is -1.85. The van der Waals surface area contributed by atoms with E-state index >= 15 is 0 Å². The van der Waals surface area contributed by atoms with E-state index in [9.17, 15) is 13.9 Å². The lowest BCUT2D eigenvalue weighted by molar-refractivity contribution is 0.0743. The average Bonchev–Trinajstić information content (AvgIpc) is 2.48. The highest BCUT2D eigenvalue weighted by Gasteiger charge is 2.27. The van der Waals surface area contributed by atoms with Gasteiger partial charge in [0.05, 0.1) is 5.60 Å². The van der Waals surface area contributed by atoms with Crippen molar-refractivity contribution < 1.29 is 13.9 Å². The first kappa shape index (κ1) is 18.5. The monoisotopic (exact) mass is 334 g/mol. The van der Waals surface area contributed by atoms with Gasteiger partial charge in [-0.3, -0.25) is 0 Å². The van der Waals surface area contributed by atoms with Crippen molar-refractivity contribution in [2.75, 3.05) is 6.54 Å². The van der Waals surface area contributed by atoms with E-state index in [2.05, 4.69) is 4.98 Å². The fourth-order valence-electron chi connectivity index (χ4n) is 2.72. The molecule has 3 N–H and O–H groups in total. The lowest BCUT2D eigenvalue weighted by atomic mass is 9.88. The number of aromatic nitrogens is 1. The van der Waals surface area contributed by atoms with Crippen LogP contribution >= 0.6 is 0 Å². The molecule has 3 nitrogen and oxygen atoms in total. The van der Waals surface area contributed by atoms with Gasteiger partial charge in [0.15, 0.2) is 5.82 Å². The number of nitrogens with two attached hydrogens (primary N) is 1. The first-order valence-corrected chi connectivity index (χ1v) is 8.04. The Morgan fingerprint density at radius 3 is 2.21 bits per heavy atom. The lowest BCUT2D eigenvalue weighted by Crippen LogP contribution is -2.23. The van der Waals surface area contributed by atoms with Crippen LogP contribution in [0, 0.1) is 17.6 Å². The fraction of sp³-hybridized carbons (Fsp3) is 0.421. The van der Waals surface area contributed by atoms with E-state index in [1.54, 1.807) is 6.07 Å². The molecule has 1 heterocycles. The lowest BCUT2D eigenvalue weighted by Gasteiger charge is -2.25. The van der Waals surface area contributed by atoms with Crippen molar-refractivity contribution in [3.63, 3.8) is 0 Å². The number of benzene rings is 1. The van der Waals surface area contributed by atoms with Gasteiger partial charge >= 0.3 is 0 Å². The van der Waals surface area contributed by atoms with Gasteiger partial charge in [-0.05, 0) is 50.1 Å². The van der Waals surface area contributed by atoms with Crippen LogP contribution in [0.1, 0.15) is 44.9 Å². The van der Waals surface area contributed by atoms with Crippen LogP contribution in [0.25, 0.3) is 11.3 Å². The van der Waals surface area contributed by atoms with Crippen LogP contribution in [0.4, 0.5) is 8.78 Å². The largest absolute Gasteiger partial charge is 0.386 e. The molecule has 0 aliphatic carbocycles. The highest BCUT2D eigenvalue weighted by molar-refractivity contribution is 5.61. The van der Waals surface area contributed by atoms with Crippen LogP contribution in [-0.2, 0) is 5.60 Å². The zero-order valence-electron chi connectivity index (χ0n) is 14.5.